The van der Waals surface area contributed by atoms with Crippen LogP contribution in [-0.4, -0.2) is 29.5 Å². The largest absolute Gasteiger partial charge is 0.459 e. The summed E-state index contributed by atoms with van der Waals surface area (Å²) in [5.41, 5.74) is 2.73. The van der Waals surface area contributed by atoms with Crippen LogP contribution in [0, 0.1) is 10.1 Å². The number of nitrogens with one attached hydrogen (secondary N) is 2. The molecule has 1 aromatic carbocycles. The molecule has 10 nitrogen and oxygen atoms in total. The Kier molecular flexibility index (Phi) is 5.60. The van der Waals surface area contributed by atoms with E-state index in [0.717, 1.165) is 0 Å². The van der Waals surface area contributed by atoms with E-state index >= 15 is 0 Å². The second-order valence-electron chi connectivity index (χ2n) is 5.46. The Hall–Kier alpha value is -4.21. The molecule has 0 fully saturated rings. The van der Waals surface area contributed by atoms with Crippen LogP contribution in [0.2, 0.25) is 0 Å². The van der Waals surface area contributed by atoms with E-state index in [0.29, 0.717) is 17.1 Å². The van der Waals surface area contributed by atoms with E-state index in [2.05, 4.69) is 15.8 Å². The van der Waals surface area contributed by atoms with Gasteiger partial charge in [-0.2, -0.15) is 5.10 Å². The maximum Gasteiger partial charge on any atom is 0.287 e. The number of carbonyl (C=O) groups excluding carboxylic acids is 2. The molecular formula is C18H14N4O6. The molecule has 0 radical (unpaired) electrons. The SMILES string of the molecule is O=C(CNC(=O)c1ccco1)NN=Cc1ccc(-c2cccc([N+](=O)[O-])c2)o1. The molecule has 0 spiro atoms. The highest BCUT2D eigenvalue weighted by molar-refractivity contribution is 5.94. The fraction of sp³-hybridized carbons (Fsp3) is 0.0556. The molecule has 0 aliphatic rings. The number of hydrazone groups is 1. The van der Waals surface area contributed by atoms with Gasteiger partial charge in [-0.05, 0) is 24.3 Å². The minimum Gasteiger partial charge on any atom is -0.459 e. The fourth-order valence-electron chi connectivity index (χ4n) is 2.21. The van der Waals surface area contributed by atoms with E-state index in [1.165, 1.54) is 30.7 Å². The van der Waals surface area contributed by atoms with Gasteiger partial charge in [-0.3, -0.25) is 19.7 Å². The first-order valence-corrected chi connectivity index (χ1v) is 8.01. The Balaban J connectivity index is 1.52. The smallest absolute Gasteiger partial charge is 0.287 e. The van der Waals surface area contributed by atoms with Crippen LogP contribution >= 0.6 is 0 Å². The number of benzene rings is 1. The molecule has 0 saturated heterocycles. The van der Waals surface area contributed by atoms with Crippen molar-refractivity contribution in [2.75, 3.05) is 6.54 Å². The summed E-state index contributed by atoms with van der Waals surface area (Å²) >= 11 is 0. The van der Waals surface area contributed by atoms with Crippen molar-refractivity contribution >= 4 is 23.7 Å². The molecule has 0 aliphatic carbocycles. The summed E-state index contributed by atoms with van der Waals surface area (Å²) in [5.74, 6) is -0.206. The summed E-state index contributed by atoms with van der Waals surface area (Å²) in [4.78, 5) is 33.6. The van der Waals surface area contributed by atoms with Crippen molar-refractivity contribution in [3.05, 3.63) is 76.4 Å². The van der Waals surface area contributed by atoms with Gasteiger partial charge in [0.25, 0.3) is 17.5 Å². The Morgan fingerprint density at radius 1 is 1.18 bits per heavy atom. The van der Waals surface area contributed by atoms with Crippen LogP contribution in [0.5, 0.6) is 0 Å². The topological polar surface area (TPSA) is 140 Å². The van der Waals surface area contributed by atoms with E-state index < -0.39 is 16.7 Å². The normalized spacial score (nSPS) is 10.7. The number of furan rings is 2. The molecule has 3 aromatic rings. The van der Waals surface area contributed by atoms with E-state index in [1.54, 1.807) is 30.3 Å². The maximum absolute atomic E-state index is 11.7. The zero-order chi connectivity index (χ0) is 19.9. The number of non-ortho nitro benzene ring substituents is 1. The number of rotatable bonds is 7. The van der Waals surface area contributed by atoms with Crippen LogP contribution in [-0.2, 0) is 4.79 Å². The number of nitro groups is 1. The van der Waals surface area contributed by atoms with E-state index in [9.17, 15) is 19.7 Å². The maximum atomic E-state index is 11.7. The average molecular weight is 382 g/mol. The van der Waals surface area contributed by atoms with Crippen molar-refractivity contribution in [2.24, 2.45) is 5.10 Å². The Morgan fingerprint density at radius 2 is 2.04 bits per heavy atom. The number of nitrogens with zero attached hydrogens (tertiary/aromatic N) is 2. The molecule has 0 atom stereocenters. The van der Waals surface area contributed by atoms with Gasteiger partial charge in [0.05, 0.1) is 23.9 Å². The number of carbonyl (C=O) groups is 2. The van der Waals surface area contributed by atoms with Crippen LogP contribution in [0.15, 0.2) is 68.7 Å². The molecule has 2 amide bonds. The van der Waals surface area contributed by atoms with Crippen molar-refractivity contribution in [2.45, 2.75) is 0 Å². The average Bonchev–Trinajstić information content (AvgIpc) is 3.38. The number of hydrogen-bond donors (Lipinski definition) is 2. The molecule has 0 bridgehead atoms. The number of hydrogen-bond acceptors (Lipinski definition) is 7. The van der Waals surface area contributed by atoms with Crippen LogP contribution in [0.25, 0.3) is 11.3 Å². The molecular weight excluding hydrogens is 368 g/mol. The molecule has 0 unspecified atom stereocenters. The third-order valence-electron chi connectivity index (χ3n) is 3.50. The highest BCUT2D eigenvalue weighted by Crippen LogP contribution is 2.25. The molecule has 2 heterocycles. The third kappa shape index (κ3) is 4.69. The predicted molar refractivity (Wildman–Crippen MR) is 97.6 cm³/mol. The summed E-state index contributed by atoms with van der Waals surface area (Å²) in [5, 5.41) is 16.9. The van der Waals surface area contributed by atoms with Gasteiger partial charge in [-0.1, -0.05) is 12.1 Å². The van der Waals surface area contributed by atoms with Gasteiger partial charge in [0, 0.05) is 17.7 Å². The standard InChI is InChI=1S/C18H14N4O6/c23-17(11-19-18(24)16-5-2-8-27-16)21-20-10-14-6-7-15(28-14)12-3-1-4-13(9-12)22(25)26/h1-10H,11H2,(H,19,24)(H,21,23). The first-order chi connectivity index (χ1) is 13.5. The highest BCUT2D eigenvalue weighted by atomic mass is 16.6. The zero-order valence-electron chi connectivity index (χ0n) is 14.3. The zero-order valence-corrected chi connectivity index (χ0v) is 14.3. The lowest BCUT2D eigenvalue weighted by molar-refractivity contribution is -0.384. The van der Waals surface area contributed by atoms with Crippen LogP contribution in [0.4, 0.5) is 5.69 Å². The van der Waals surface area contributed by atoms with Gasteiger partial charge in [-0.25, -0.2) is 5.43 Å². The lowest BCUT2D eigenvalue weighted by Crippen LogP contribution is -2.34. The van der Waals surface area contributed by atoms with Gasteiger partial charge >= 0.3 is 0 Å². The second kappa shape index (κ2) is 8.45. The molecule has 2 aromatic heterocycles. The number of amides is 2. The Labute approximate surface area is 158 Å². The second-order valence-corrected chi connectivity index (χ2v) is 5.46. The van der Waals surface area contributed by atoms with Crippen molar-refractivity contribution < 1.29 is 23.3 Å². The van der Waals surface area contributed by atoms with Gasteiger partial charge in [0.1, 0.15) is 11.5 Å². The van der Waals surface area contributed by atoms with Crippen LogP contribution in [0.1, 0.15) is 16.3 Å². The van der Waals surface area contributed by atoms with Crippen molar-refractivity contribution in [3.8, 4) is 11.3 Å². The first-order valence-electron chi connectivity index (χ1n) is 8.01. The van der Waals surface area contributed by atoms with E-state index in [-0.39, 0.29) is 18.0 Å². The lowest BCUT2D eigenvalue weighted by Gasteiger charge is -2.01. The molecule has 10 heteroatoms. The van der Waals surface area contributed by atoms with E-state index in [1.807, 2.05) is 0 Å². The minimum absolute atomic E-state index is 0.0482. The predicted octanol–water partition coefficient (Wildman–Crippen LogP) is 2.33. The van der Waals surface area contributed by atoms with Crippen molar-refractivity contribution in [3.63, 3.8) is 0 Å². The fourth-order valence-corrected chi connectivity index (χ4v) is 2.21. The molecule has 3 rings (SSSR count). The van der Waals surface area contributed by atoms with E-state index in [4.69, 9.17) is 8.83 Å². The molecule has 0 aliphatic heterocycles. The summed E-state index contributed by atoms with van der Waals surface area (Å²) in [6.45, 7) is -0.284. The minimum atomic E-state index is -0.540. The van der Waals surface area contributed by atoms with Crippen LogP contribution < -0.4 is 10.7 Å². The van der Waals surface area contributed by atoms with Crippen molar-refractivity contribution in [1.82, 2.24) is 10.7 Å². The molecule has 142 valence electrons. The summed E-state index contributed by atoms with van der Waals surface area (Å²) in [6.07, 6.45) is 2.62. The highest BCUT2D eigenvalue weighted by Gasteiger charge is 2.11. The summed E-state index contributed by atoms with van der Waals surface area (Å²) in [7, 11) is 0. The molecule has 2 N–H and O–H groups in total. The summed E-state index contributed by atoms with van der Waals surface area (Å²) < 4.78 is 10.4. The van der Waals surface area contributed by atoms with Gasteiger partial charge < -0.3 is 14.2 Å². The lowest BCUT2D eigenvalue weighted by atomic mass is 10.1. The van der Waals surface area contributed by atoms with Gasteiger partial charge in [0.2, 0.25) is 0 Å². The van der Waals surface area contributed by atoms with Crippen molar-refractivity contribution in [1.29, 1.82) is 0 Å². The monoisotopic (exact) mass is 382 g/mol. The molecule has 0 saturated carbocycles. The third-order valence-corrected chi connectivity index (χ3v) is 3.50. The van der Waals surface area contributed by atoms with Crippen LogP contribution in [0.3, 0.4) is 0 Å². The number of nitro benzene ring substituents is 1. The van der Waals surface area contributed by atoms with Gasteiger partial charge in [-0.15, -0.1) is 0 Å². The first kappa shape index (κ1) is 18.6. The summed E-state index contributed by atoms with van der Waals surface area (Å²) in [6, 6.07) is 12.3. The quantitative estimate of drug-likeness (QED) is 0.365. The van der Waals surface area contributed by atoms with Gasteiger partial charge in [0.15, 0.2) is 5.76 Å². The molecule has 28 heavy (non-hydrogen) atoms. The Morgan fingerprint density at radius 3 is 2.79 bits per heavy atom. The Bertz CT molecular complexity index is 1020.